The van der Waals surface area contributed by atoms with Gasteiger partial charge in [-0.1, -0.05) is 0 Å². The average Bonchev–Trinajstić information content (AvgIpc) is 2.26. The Morgan fingerprint density at radius 3 is 2.39 bits per heavy atom. The van der Waals surface area contributed by atoms with E-state index in [0.717, 1.165) is 19.3 Å². The van der Waals surface area contributed by atoms with Crippen LogP contribution in [0.1, 0.15) is 33.1 Å². The second-order valence-corrected chi connectivity index (χ2v) is 4.98. The van der Waals surface area contributed by atoms with Crippen LogP contribution >= 0.6 is 0 Å². The molecule has 18 heavy (non-hydrogen) atoms. The van der Waals surface area contributed by atoms with Crippen LogP contribution in [0.5, 0.6) is 0 Å². The van der Waals surface area contributed by atoms with Crippen molar-refractivity contribution in [2.45, 2.75) is 44.8 Å². The van der Waals surface area contributed by atoms with Crippen LogP contribution in [-0.2, 0) is 9.53 Å². The molecule has 0 aromatic carbocycles. The molecule has 1 saturated carbocycles. The predicted molar refractivity (Wildman–Crippen MR) is 66.4 cm³/mol. The summed E-state index contributed by atoms with van der Waals surface area (Å²) >= 11 is 0. The first-order valence-corrected chi connectivity index (χ1v) is 6.22. The fraction of sp³-hybridized carbons (Fsp3) is 0.833. The van der Waals surface area contributed by atoms with E-state index in [1.54, 1.807) is 21.0 Å². The zero-order valence-electron chi connectivity index (χ0n) is 11.2. The molecule has 2 atom stereocenters. The standard InChI is InChI=1S/C12H22N2O4/c1-8(10(15)16)9(2)14-11(17)13-7-12(18-3)5-4-6-12/h8-9H,4-7H2,1-3H3,(H,15,16)(H2,13,14,17). The molecule has 0 bridgehead atoms. The van der Waals surface area contributed by atoms with Crippen molar-refractivity contribution >= 4 is 12.0 Å². The first-order valence-electron chi connectivity index (χ1n) is 6.22. The normalized spacial score (nSPS) is 20.4. The zero-order chi connectivity index (χ0) is 13.8. The van der Waals surface area contributed by atoms with Gasteiger partial charge in [0.05, 0.1) is 11.5 Å². The molecule has 104 valence electrons. The van der Waals surface area contributed by atoms with E-state index >= 15 is 0 Å². The monoisotopic (exact) mass is 258 g/mol. The van der Waals surface area contributed by atoms with E-state index in [4.69, 9.17) is 9.84 Å². The van der Waals surface area contributed by atoms with E-state index in [2.05, 4.69) is 10.6 Å². The number of hydrogen-bond donors (Lipinski definition) is 3. The lowest BCUT2D eigenvalue weighted by atomic mass is 9.80. The molecule has 0 aliphatic heterocycles. The Balaban J connectivity index is 2.31. The summed E-state index contributed by atoms with van der Waals surface area (Å²) in [5.74, 6) is -1.54. The number of aliphatic carboxylic acids is 1. The maximum absolute atomic E-state index is 11.6. The molecule has 6 heteroatoms. The smallest absolute Gasteiger partial charge is 0.315 e. The lowest BCUT2D eigenvalue weighted by molar-refractivity contribution is -0.141. The number of hydrogen-bond acceptors (Lipinski definition) is 3. The highest BCUT2D eigenvalue weighted by Crippen LogP contribution is 2.34. The fourth-order valence-electron chi connectivity index (χ4n) is 1.86. The summed E-state index contributed by atoms with van der Waals surface area (Å²) in [6.45, 7) is 3.70. The van der Waals surface area contributed by atoms with E-state index < -0.39 is 17.9 Å². The number of rotatable bonds is 6. The van der Waals surface area contributed by atoms with Gasteiger partial charge in [0.25, 0.3) is 0 Å². The van der Waals surface area contributed by atoms with Crippen molar-refractivity contribution in [3.05, 3.63) is 0 Å². The van der Waals surface area contributed by atoms with Gasteiger partial charge in [-0.15, -0.1) is 0 Å². The van der Waals surface area contributed by atoms with Crippen molar-refractivity contribution in [1.29, 1.82) is 0 Å². The van der Waals surface area contributed by atoms with Crippen molar-refractivity contribution in [3.8, 4) is 0 Å². The Hall–Kier alpha value is -1.30. The van der Waals surface area contributed by atoms with Crippen LogP contribution in [0.15, 0.2) is 0 Å². The molecule has 1 fully saturated rings. The second kappa shape index (κ2) is 6.04. The summed E-state index contributed by atoms with van der Waals surface area (Å²) in [6, 6.07) is -0.763. The van der Waals surface area contributed by atoms with Gasteiger partial charge in [-0.3, -0.25) is 4.79 Å². The summed E-state index contributed by atoms with van der Waals surface area (Å²) in [5, 5.41) is 14.2. The molecule has 1 rings (SSSR count). The minimum atomic E-state index is -0.921. The first kappa shape index (κ1) is 14.8. The minimum Gasteiger partial charge on any atom is -0.481 e. The van der Waals surface area contributed by atoms with Gasteiger partial charge in [0, 0.05) is 19.7 Å². The van der Waals surface area contributed by atoms with Crippen LogP contribution in [0.4, 0.5) is 4.79 Å². The highest BCUT2D eigenvalue weighted by Gasteiger charge is 2.37. The molecule has 1 aliphatic carbocycles. The number of carboxylic acids is 1. The Bertz CT molecular complexity index is 310. The van der Waals surface area contributed by atoms with Crippen LogP contribution in [0, 0.1) is 5.92 Å². The van der Waals surface area contributed by atoms with Crippen LogP contribution in [0.25, 0.3) is 0 Å². The van der Waals surface area contributed by atoms with E-state index in [1.807, 2.05) is 0 Å². The molecular formula is C12H22N2O4. The maximum Gasteiger partial charge on any atom is 0.315 e. The highest BCUT2D eigenvalue weighted by molar-refractivity contribution is 5.76. The molecule has 2 unspecified atom stereocenters. The van der Waals surface area contributed by atoms with E-state index in [0.29, 0.717) is 6.54 Å². The molecule has 2 amide bonds. The predicted octanol–water partition coefficient (Wildman–Crippen LogP) is 0.964. The number of methoxy groups -OCH3 is 1. The summed E-state index contributed by atoms with van der Waals surface area (Å²) in [5.41, 5.74) is -0.223. The van der Waals surface area contributed by atoms with Crippen molar-refractivity contribution in [3.63, 3.8) is 0 Å². The van der Waals surface area contributed by atoms with Crippen LogP contribution in [-0.4, -0.2) is 42.4 Å². The molecule has 3 N–H and O–H groups in total. The van der Waals surface area contributed by atoms with Gasteiger partial charge in [-0.2, -0.15) is 0 Å². The van der Waals surface area contributed by atoms with E-state index in [-0.39, 0.29) is 11.6 Å². The maximum atomic E-state index is 11.6. The Labute approximate surface area is 107 Å². The Morgan fingerprint density at radius 2 is 2.00 bits per heavy atom. The van der Waals surface area contributed by atoms with E-state index in [9.17, 15) is 9.59 Å². The van der Waals surface area contributed by atoms with Crippen molar-refractivity contribution < 1.29 is 19.4 Å². The lowest BCUT2D eigenvalue weighted by Gasteiger charge is -2.40. The molecule has 0 heterocycles. The van der Waals surface area contributed by atoms with Gasteiger partial charge >= 0.3 is 12.0 Å². The Morgan fingerprint density at radius 1 is 1.39 bits per heavy atom. The number of urea groups is 1. The number of carboxylic acid groups (broad SMARTS) is 1. The summed E-state index contributed by atoms with van der Waals surface area (Å²) in [4.78, 5) is 22.4. The quantitative estimate of drug-likeness (QED) is 0.662. The van der Waals surface area contributed by atoms with Crippen molar-refractivity contribution in [2.24, 2.45) is 5.92 Å². The van der Waals surface area contributed by atoms with Gasteiger partial charge < -0.3 is 20.5 Å². The lowest BCUT2D eigenvalue weighted by Crippen LogP contribution is -2.53. The molecule has 0 radical (unpaired) electrons. The van der Waals surface area contributed by atoms with Gasteiger partial charge in [-0.25, -0.2) is 4.79 Å². The van der Waals surface area contributed by atoms with Crippen molar-refractivity contribution in [1.82, 2.24) is 10.6 Å². The van der Waals surface area contributed by atoms with Gasteiger partial charge in [-0.05, 0) is 33.1 Å². The van der Waals surface area contributed by atoms with Crippen LogP contribution in [0.2, 0.25) is 0 Å². The molecule has 0 saturated heterocycles. The summed E-state index contributed by atoms with van der Waals surface area (Å²) < 4.78 is 5.38. The van der Waals surface area contributed by atoms with Crippen molar-refractivity contribution in [2.75, 3.05) is 13.7 Å². The van der Waals surface area contributed by atoms with Gasteiger partial charge in [0.15, 0.2) is 0 Å². The number of carbonyl (C=O) groups excluding carboxylic acids is 1. The largest absolute Gasteiger partial charge is 0.481 e. The minimum absolute atomic E-state index is 0.223. The number of amides is 2. The van der Waals surface area contributed by atoms with Gasteiger partial charge in [0.2, 0.25) is 0 Å². The summed E-state index contributed by atoms with van der Waals surface area (Å²) in [7, 11) is 1.65. The van der Waals surface area contributed by atoms with Crippen LogP contribution in [0.3, 0.4) is 0 Å². The summed E-state index contributed by atoms with van der Waals surface area (Å²) in [6.07, 6.45) is 3.01. The number of carbonyl (C=O) groups is 2. The Kier molecular flexibility index (Phi) is 4.95. The number of ether oxygens (including phenoxy) is 1. The van der Waals surface area contributed by atoms with E-state index in [1.165, 1.54) is 0 Å². The third-order valence-corrected chi connectivity index (χ3v) is 3.77. The topological polar surface area (TPSA) is 87.7 Å². The molecule has 1 aliphatic rings. The fourth-order valence-corrected chi connectivity index (χ4v) is 1.86. The second-order valence-electron chi connectivity index (χ2n) is 4.98. The molecule has 6 nitrogen and oxygen atoms in total. The molecule has 0 spiro atoms. The SMILES string of the molecule is COC1(CNC(=O)NC(C)C(C)C(=O)O)CCC1. The molecular weight excluding hydrogens is 236 g/mol. The number of nitrogens with one attached hydrogen (secondary N) is 2. The average molecular weight is 258 g/mol. The third-order valence-electron chi connectivity index (χ3n) is 3.77. The molecule has 0 aromatic rings. The third kappa shape index (κ3) is 3.60. The zero-order valence-corrected chi connectivity index (χ0v) is 11.2. The first-order chi connectivity index (χ1) is 8.40. The highest BCUT2D eigenvalue weighted by atomic mass is 16.5. The molecule has 0 aromatic heterocycles. The van der Waals surface area contributed by atoms with Gasteiger partial charge in [0.1, 0.15) is 0 Å². The van der Waals surface area contributed by atoms with Crippen LogP contribution < -0.4 is 10.6 Å².